The second kappa shape index (κ2) is 13.2. The third-order valence-corrected chi connectivity index (χ3v) is 3.11. The number of hydrogen-bond acceptors (Lipinski definition) is 3. The average molecular weight is 317 g/mol. The van der Waals surface area contributed by atoms with Gasteiger partial charge in [-0.3, -0.25) is 9.48 Å². The molecule has 1 rings (SSSR count). The fraction of sp³-hybridized carbons (Fsp3) is 0.625. The molecular weight excluding hydrogens is 289 g/mol. The Morgan fingerprint density at radius 1 is 1.48 bits per heavy atom. The normalized spacial score (nSPS) is 10.8. The summed E-state index contributed by atoms with van der Waals surface area (Å²) in [5.41, 5.74) is 1.42. The first-order valence-electron chi connectivity index (χ1n) is 7.61. The van der Waals surface area contributed by atoms with Crippen LogP contribution in [0.5, 0.6) is 0 Å². The summed E-state index contributed by atoms with van der Waals surface area (Å²) in [5, 5.41) is 14.9. The van der Waals surface area contributed by atoms with Crippen molar-refractivity contribution < 1.29 is 33.6 Å². The van der Waals surface area contributed by atoms with Crippen molar-refractivity contribution in [3.8, 4) is 0 Å². The minimum Gasteiger partial charge on any atom is -0.465 e. The number of ketones is 1. The molecule has 0 saturated heterocycles. The van der Waals surface area contributed by atoms with Gasteiger partial charge in [0.05, 0.1) is 5.69 Å². The number of carboxylic acid groups (broad SMARTS) is 1. The summed E-state index contributed by atoms with van der Waals surface area (Å²) in [6.45, 7) is 9.85. The van der Waals surface area contributed by atoms with E-state index in [1.165, 1.54) is 6.42 Å². The molecule has 0 radical (unpaired) electrons. The third-order valence-electron chi connectivity index (χ3n) is 3.11. The van der Waals surface area contributed by atoms with Crippen LogP contribution in [-0.2, 0) is 7.05 Å². The zero-order chi connectivity index (χ0) is 17.1. The van der Waals surface area contributed by atoms with Crippen LogP contribution in [0.3, 0.4) is 0 Å². The van der Waals surface area contributed by atoms with Gasteiger partial charge < -0.3 is 17.3 Å². The summed E-state index contributed by atoms with van der Waals surface area (Å²) in [4.78, 5) is 22.2. The van der Waals surface area contributed by atoms with Crippen molar-refractivity contribution in [1.29, 1.82) is 0 Å². The first kappa shape index (κ1) is 24.0. The van der Waals surface area contributed by atoms with Crippen molar-refractivity contribution >= 4 is 11.9 Å². The van der Waals surface area contributed by atoms with Gasteiger partial charge in [-0.1, -0.05) is 20.3 Å². The molecule has 0 aliphatic rings. The standard InChI is InChI=1S/C12H19N3O3.C4H9.Li/c1-8(7-13-12(17)18)4-5-11(16)10-6-9(2)14-15(10)3;1-3-4-2;/h6,8,13H,4-5,7H2,1-3H3,(H,17,18);1,3-4H2,2H3;/q;-1;+1. The number of nitrogens with zero attached hydrogens (tertiary/aromatic N) is 2. The van der Waals surface area contributed by atoms with Crippen molar-refractivity contribution in [1.82, 2.24) is 15.1 Å². The van der Waals surface area contributed by atoms with Crippen molar-refractivity contribution in [2.24, 2.45) is 13.0 Å². The summed E-state index contributed by atoms with van der Waals surface area (Å²) >= 11 is 0. The number of carbonyl (C=O) groups excluding carboxylic acids is 1. The molecule has 126 valence electrons. The molecule has 1 atom stereocenters. The maximum Gasteiger partial charge on any atom is 1.00 e. The number of unbranched alkanes of at least 4 members (excludes halogenated alkanes) is 1. The van der Waals surface area contributed by atoms with Gasteiger partial charge in [-0.05, 0) is 25.3 Å². The Morgan fingerprint density at radius 2 is 2.04 bits per heavy atom. The van der Waals surface area contributed by atoms with Crippen LogP contribution < -0.4 is 24.2 Å². The van der Waals surface area contributed by atoms with Gasteiger partial charge in [0.2, 0.25) is 0 Å². The maximum atomic E-state index is 11.9. The van der Waals surface area contributed by atoms with Gasteiger partial charge in [-0.2, -0.15) is 11.5 Å². The fourth-order valence-corrected chi connectivity index (χ4v) is 1.74. The molecule has 6 nitrogen and oxygen atoms in total. The van der Waals surface area contributed by atoms with Crippen molar-refractivity contribution in [2.75, 3.05) is 6.54 Å². The number of carbonyl (C=O) groups is 2. The molecule has 23 heavy (non-hydrogen) atoms. The summed E-state index contributed by atoms with van der Waals surface area (Å²) in [5.74, 6) is 0.180. The van der Waals surface area contributed by atoms with E-state index in [2.05, 4.69) is 24.3 Å². The minimum atomic E-state index is -1.03. The van der Waals surface area contributed by atoms with E-state index in [1.54, 1.807) is 17.8 Å². The SMILES string of the molecule is Cc1cc(C(=O)CCC(C)CNC(=O)O)n(C)n1.[CH2-]CCC.[Li+]. The van der Waals surface area contributed by atoms with Gasteiger partial charge in [0.25, 0.3) is 0 Å². The van der Waals surface area contributed by atoms with Crippen LogP contribution in [0, 0.1) is 19.8 Å². The van der Waals surface area contributed by atoms with E-state index in [9.17, 15) is 9.59 Å². The number of rotatable bonds is 7. The molecule has 2 N–H and O–H groups in total. The zero-order valence-corrected chi connectivity index (χ0v) is 15.1. The smallest absolute Gasteiger partial charge is 0.465 e. The molecule has 0 aliphatic heterocycles. The van der Waals surface area contributed by atoms with E-state index in [-0.39, 0.29) is 30.6 Å². The quantitative estimate of drug-likeness (QED) is 0.428. The summed E-state index contributed by atoms with van der Waals surface area (Å²) < 4.78 is 1.58. The molecule has 0 saturated carbocycles. The zero-order valence-electron chi connectivity index (χ0n) is 15.1. The van der Waals surface area contributed by atoms with Crippen LogP contribution >= 0.6 is 0 Å². The predicted molar refractivity (Wildman–Crippen MR) is 87.0 cm³/mol. The molecule has 1 unspecified atom stereocenters. The Morgan fingerprint density at radius 3 is 2.43 bits per heavy atom. The van der Waals surface area contributed by atoms with Crippen LogP contribution in [0.1, 0.15) is 55.7 Å². The topological polar surface area (TPSA) is 84.2 Å². The van der Waals surface area contributed by atoms with Crippen LogP contribution in [0.4, 0.5) is 4.79 Å². The Bertz CT molecular complexity index is 473. The molecule has 1 aromatic rings. The van der Waals surface area contributed by atoms with Crippen LogP contribution in [0.25, 0.3) is 0 Å². The Labute approximate surface area is 151 Å². The van der Waals surface area contributed by atoms with Crippen LogP contribution in [-0.4, -0.2) is 33.3 Å². The molecule has 0 fully saturated rings. The van der Waals surface area contributed by atoms with Gasteiger partial charge in [0.1, 0.15) is 5.69 Å². The van der Waals surface area contributed by atoms with E-state index < -0.39 is 6.09 Å². The summed E-state index contributed by atoms with van der Waals surface area (Å²) in [6.07, 6.45) is 2.31. The molecule has 1 aromatic heterocycles. The van der Waals surface area contributed by atoms with Crippen molar-refractivity contribution in [3.05, 3.63) is 24.4 Å². The number of Topliss-reactive ketones (excluding diaryl/α,β-unsaturated/α-hetero) is 1. The van der Waals surface area contributed by atoms with E-state index >= 15 is 0 Å². The first-order chi connectivity index (χ1) is 10.3. The first-order valence-corrected chi connectivity index (χ1v) is 7.61. The molecule has 1 amide bonds. The second-order valence-electron chi connectivity index (χ2n) is 5.40. The molecule has 0 aliphatic carbocycles. The molecule has 0 bridgehead atoms. The third kappa shape index (κ3) is 11.0. The van der Waals surface area contributed by atoms with Gasteiger partial charge in [0.15, 0.2) is 5.78 Å². The molecule has 1 heterocycles. The monoisotopic (exact) mass is 317 g/mol. The van der Waals surface area contributed by atoms with E-state index in [0.29, 0.717) is 25.1 Å². The van der Waals surface area contributed by atoms with Crippen molar-refractivity contribution in [3.63, 3.8) is 0 Å². The maximum absolute atomic E-state index is 11.9. The van der Waals surface area contributed by atoms with E-state index in [4.69, 9.17) is 5.11 Å². The molecule has 0 spiro atoms. The summed E-state index contributed by atoms with van der Waals surface area (Å²) in [6, 6.07) is 1.77. The largest absolute Gasteiger partial charge is 1.00 e. The number of aryl methyl sites for hydroxylation is 2. The molecule has 0 aromatic carbocycles. The van der Waals surface area contributed by atoms with Crippen LogP contribution in [0.2, 0.25) is 0 Å². The number of hydrogen-bond donors (Lipinski definition) is 2. The van der Waals surface area contributed by atoms with Gasteiger partial charge >= 0.3 is 25.0 Å². The van der Waals surface area contributed by atoms with E-state index in [0.717, 1.165) is 12.1 Å². The number of nitrogens with one attached hydrogen (secondary N) is 1. The van der Waals surface area contributed by atoms with Gasteiger partial charge in [0, 0.05) is 20.0 Å². The minimum absolute atomic E-state index is 0. The second-order valence-corrected chi connectivity index (χ2v) is 5.40. The van der Waals surface area contributed by atoms with Gasteiger partial charge in [-0.25, -0.2) is 4.79 Å². The molecular formula is C16H28LiN3O3. The molecule has 7 heteroatoms. The Balaban J connectivity index is 0. The predicted octanol–water partition coefficient (Wildman–Crippen LogP) is 0.220. The fourth-order valence-electron chi connectivity index (χ4n) is 1.74. The summed E-state index contributed by atoms with van der Waals surface area (Å²) in [7, 11) is 1.75. The Kier molecular flexibility index (Phi) is 13.8. The average Bonchev–Trinajstić information content (AvgIpc) is 2.81. The van der Waals surface area contributed by atoms with E-state index in [1.807, 2.05) is 13.8 Å². The number of amides is 1. The Hall–Kier alpha value is -1.25. The van der Waals surface area contributed by atoms with Crippen LogP contribution in [0.15, 0.2) is 6.07 Å². The number of aromatic nitrogens is 2. The van der Waals surface area contributed by atoms with Crippen molar-refractivity contribution in [2.45, 2.75) is 46.5 Å². The van der Waals surface area contributed by atoms with Gasteiger partial charge in [-0.15, -0.1) is 0 Å².